The Morgan fingerprint density at radius 1 is 1.22 bits per heavy atom. The molecule has 1 fully saturated rings. The Bertz CT molecular complexity index is 376. The monoisotopic (exact) mass is 304 g/mol. The van der Waals surface area contributed by atoms with Gasteiger partial charge in [0.2, 0.25) is 10.0 Å². The molecule has 0 aromatic heterocycles. The number of hydrogen-bond acceptors (Lipinski definition) is 4. The Kier molecular flexibility index (Phi) is 5.47. The summed E-state index contributed by atoms with van der Waals surface area (Å²) in [6.07, 6.45) is -3.29. The summed E-state index contributed by atoms with van der Waals surface area (Å²) < 4.78 is 64.7. The quantitative estimate of drug-likeness (QED) is 0.844. The lowest BCUT2D eigenvalue weighted by Gasteiger charge is -2.26. The van der Waals surface area contributed by atoms with E-state index in [0.29, 0.717) is 25.7 Å². The van der Waals surface area contributed by atoms with Crippen LogP contribution in [-0.4, -0.2) is 32.4 Å². The largest absolute Gasteiger partial charge is 0.390 e. The van der Waals surface area contributed by atoms with Crippen molar-refractivity contribution in [2.75, 3.05) is 5.75 Å². The fourth-order valence-corrected chi connectivity index (χ4v) is 3.43. The highest BCUT2D eigenvalue weighted by atomic mass is 32.2. The van der Waals surface area contributed by atoms with Gasteiger partial charge in [-0.25, -0.2) is 17.5 Å². The van der Waals surface area contributed by atoms with E-state index in [9.17, 15) is 21.6 Å². The van der Waals surface area contributed by atoms with E-state index in [-0.39, 0.29) is 12.1 Å². The predicted molar refractivity (Wildman–Crippen MR) is 63.4 cm³/mol. The minimum atomic E-state index is -4.45. The van der Waals surface area contributed by atoms with Gasteiger partial charge in [0.1, 0.15) is 0 Å². The van der Waals surface area contributed by atoms with Crippen molar-refractivity contribution >= 4 is 22.4 Å². The van der Waals surface area contributed by atoms with Crippen LogP contribution in [0, 0.1) is 0 Å². The van der Waals surface area contributed by atoms with Gasteiger partial charge in [-0.05, 0) is 25.7 Å². The Hall–Kier alpha value is -0.280. The number of hydrogen-bond donors (Lipinski definition) is 1. The third-order valence-electron chi connectivity index (χ3n) is 2.85. The maximum absolute atomic E-state index is 11.9. The number of nitrogens with zero attached hydrogens (tertiary/aromatic N) is 1. The van der Waals surface area contributed by atoms with Crippen molar-refractivity contribution in [3.8, 4) is 0 Å². The van der Waals surface area contributed by atoms with Gasteiger partial charge < -0.3 is 0 Å². The van der Waals surface area contributed by atoms with Crippen LogP contribution in [0.5, 0.6) is 0 Å². The van der Waals surface area contributed by atoms with Crippen molar-refractivity contribution in [2.45, 2.75) is 50.4 Å². The highest BCUT2D eigenvalue weighted by Crippen LogP contribution is 2.23. The molecule has 0 spiro atoms. The van der Waals surface area contributed by atoms with E-state index in [4.69, 9.17) is 0 Å². The first-order valence-corrected chi connectivity index (χ1v) is 7.63. The summed E-state index contributed by atoms with van der Waals surface area (Å²) in [4.78, 5) is 0. The Morgan fingerprint density at radius 3 is 2.22 bits per heavy atom. The van der Waals surface area contributed by atoms with Gasteiger partial charge in [-0.2, -0.15) is 13.2 Å². The van der Waals surface area contributed by atoms with Crippen LogP contribution >= 0.6 is 0 Å². The molecular weight excluding hydrogens is 289 g/mol. The summed E-state index contributed by atoms with van der Waals surface area (Å²) in [7, 11) is -3.87. The summed E-state index contributed by atoms with van der Waals surface area (Å²) in [5, 5.41) is 0. The van der Waals surface area contributed by atoms with Crippen molar-refractivity contribution in [3.63, 3.8) is 0 Å². The Balaban J connectivity index is 2.40. The van der Waals surface area contributed by atoms with Gasteiger partial charge in [0.05, 0.1) is 18.2 Å². The van der Waals surface area contributed by atoms with Crippen LogP contribution in [0.3, 0.4) is 0 Å². The van der Waals surface area contributed by atoms with Crippen LogP contribution < -0.4 is 4.72 Å². The van der Waals surface area contributed by atoms with Crippen LogP contribution in [0.25, 0.3) is 0 Å². The van der Waals surface area contributed by atoms with E-state index < -0.39 is 28.4 Å². The van der Waals surface area contributed by atoms with Crippen LogP contribution in [0.4, 0.5) is 13.2 Å². The van der Waals surface area contributed by atoms with Gasteiger partial charge in [-0.15, -0.1) is 0 Å². The lowest BCUT2D eigenvalue weighted by molar-refractivity contribution is -0.130. The van der Waals surface area contributed by atoms with E-state index in [1.165, 1.54) is 0 Å². The smallest absolute Gasteiger partial charge is 0.216 e. The minimum Gasteiger partial charge on any atom is -0.216 e. The van der Waals surface area contributed by atoms with Gasteiger partial charge in [0.15, 0.2) is 0 Å². The topological polar surface area (TPSA) is 58.5 Å². The molecule has 0 radical (unpaired) electrons. The number of rotatable bonds is 5. The lowest BCUT2D eigenvalue weighted by atomic mass is 9.93. The highest BCUT2D eigenvalue weighted by molar-refractivity contribution is 7.89. The first-order chi connectivity index (χ1) is 8.22. The molecule has 0 heterocycles. The molecule has 9 heteroatoms. The lowest BCUT2D eigenvalue weighted by Crippen LogP contribution is -2.40. The molecule has 0 aliphatic heterocycles. The first kappa shape index (κ1) is 15.8. The molecule has 0 saturated heterocycles. The molecule has 0 aromatic rings. The first-order valence-electron chi connectivity index (χ1n) is 5.61. The molecule has 1 saturated carbocycles. The summed E-state index contributed by atoms with van der Waals surface area (Å²) in [5.41, 5.74) is 0. The Labute approximate surface area is 110 Å². The third kappa shape index (κ3) is 6.05. The number of alkyl halides is 3. The summed E-state index contributed by atoms with van der Waals surface area (Å²) in [6, 6.07) is -0.229. The van der Waals surface area contributed by atoms with Crippen LogP contribution in [0.1, 0.15) is 32.1 Å². The summed E-state index contributed by atoms with van der Waals surface area (Å²) in [6.45, 7) is 0. The van der Waals surface area contributed by atoms with Crippen molar-refractivity contribution in [1.29, 1.82) is 0 Å². The fraction of sp³-hybridized carbons (Fsp3) is 1.00. The highest BCUT2D eigenvalue weighted by Gasteiger charge is 2.31. The molecule has 4 nitrogen and oxygen atoms in total. The van der Waals surface area contributed by atoms with E-state index in [2.05, 4.69) is 21.5 Å². The molecular formula is C9H15F3N2O2S2. The molecule has 1 rings (SSSR count). The predicted octanol–water partition coefficient (Wildman–Crippen LogP) is 1.90. The standard InChI is InChI=1S/C9H15F3N2O2S2/c10-9(11,12)5-6-18(15,16)14-8-3-1-7(13-17)2-4-8/h7-8,14H,1-6H2/t7-,8-. The van der Waals surface area contributed by atoms with Crippen LogP contribution in [0.15, 0.2) is 4.36 Å². The molecule has 0 aromatic carbocycles. The van der Waals surface area contributed by atoms with Crippen molar-refractivity contribution in [3.05, 3.63) is 0 Å². The van der Waals surface area contributed by atoms with Gasteiger partial charge in [-0.3, -0.25) is 0 Å². The molecule has 0 amide bonds. The molecule has 18 heavy (non-hydrogen) atoms. The average Bonchev–Trinajstić information content (AvgIpc) is 2.26. The minimum absolute atomic E-state index is 0.0657. The van der Waals surface area contributed by atoms with Gasteiger partial charge >= 0.3 is 6.18 Å². The second-order valence-corrected chi connectivity index (χ2v) is 6.50. The fourth-order valence-electron chi connectivity index (χ4n) is 1.86. The summed E-state index contributed by atoms with van der Waals surface area (Å²) in [5.74, 6) is -0.915. The summed E-state index contributed by atoms with van der Waals surface area (Å²) >= 11 is 4.56. The van der Waals surface area contributed by atoms with Crippen molar-refractivity contribution < 1.29 is 21.6 Å². The zero-order valence-electron chi connectivity index (χ0n) is 9.61. The molecule has 1 aliphatic carbocycles. The molecule has 106 valence electrons. The molecule has 1 aliphatic rings. The van der Waals surface area contributed by atoms with Gasteiger partial charge in [0.25, 0.3) is 0 Å². The average molecular weight is 304 g/mol. The van der Waals surface area contributed by atoms with E-state index in [1.54, 1.807) is 0 Å². The molecule has 0 unspecified atom stereocenters. The van der Waals surface area contributed by atoms with Gasteiger partial charge in [0, 0.05) is 18.5 Å². The molecule has 1 N–H and O–H groups in total. The number of halogens is 3. The van der Waals surface area contributed by atoms with Crippen molar-refractivity contribution in [1.82, 2.24) is 4.72 Å². The van der Waals surface area contributed by atoms with E-state index in [0.717, 1.165) is 0 Å². The maximum Gasteiger partial charge on any atom is 0.390 e. The zero-order valence-corrected chi connectivity index (χ0v) is 11.2. The van der Waals surface area contributed by atoms with E-state index >= 15 is 0 Å². The Morgan fingerprint density at radius 2 is 1.78 bits per heavy atom. The second-order valence-electron chi connectivity index (χ2n) is 4.41. The normalized spacial score (nSPS) is 25.9. The van der Waals surface area contributed by atoms with E-state index in [1.807, 2.05) is 0 Å². The van der Waals surface area contributed by atoms with Crippen molar-refractivity contribution in [2.24, 2.45) is 4.36 Å². The zero-order chi connectivity index (χ0) is 13.8. The number of nitrogens with one attached hydrogen (secondary N) is 1. The maximum atomic E-state index is 11.9. The van der Waals surface area contributed by atoms with Crippen LogP contribution in [0.2, 0.25) is 0 Å². The second kappa shape index (κ2) is 6.25. The SMILES string of the molecule is O=S(=O)(CCC(F)(F)F)N[C@H]1CC[C@H](N=S)CC1. The van der Waals surface area contributed by atoms with Gasteiger partial charge in [-0.1, -0.05) is 0 Å². The van der Waals surface area contributed by atoms with Crippen LogP contribution in [-0.2, 0) is 22.4 Å². The molecule has 0 atom stereocenters. The third-order valence-corrected chi connectivity index (χ3v) is 4.58. The number of sulfonamides is 1. The molecule has 0 bridgehead atoms.